The average molecular weight is 533 g/mol. The molecular weight excluding hydrogens is 504 g/mol. The number of rotatable bonds is 3. The Balaban J connectivity index is 1.62. The molecule has 11 heteroatoms. The molecule has 0 N–H and O–H groups in total. The van der Waals surface area contributed by atoms with Crippen molar-refractivity contribution in [1.29, 1.82) is 0 Å². The highest BCUT2D eigenvalue weighted by Gasteiger charge is 2.42. The third-order valence-electron chi connectivity index (χ3n) is 6.91. The number of sulfone groups is 1. The largest absolute Gasteiger partial charge is 0.355 e. The summed E-state index contributed by atoms with van der Waals surface area (Å²) >= 11 is 6.58. The highest BCUT2D eigenvalue weighted by Crippen LogP contribution is 2.37. The van der Waals surface area contributed by atoms with E-state index in [1.165, 1.54) is 9.30 Å². The maximum atomic E-state index is 13.7. The highest BCUT2D eigenvalue weighted by molar-refractivity contribution is 8.26. The van der Waals surface area contributed by atoms with E-state index in [-0.39, 0.29) is 23.0 Å². The summed E-state index contributed by atoms with van der Waals surface area (Å²) in [6.07, 6.45) is 4.78. The van der Waals surface area contributed by atoms with Gasteiger partial charge in [0.15, 0.2) is 9.84 Å². The molecule has 5 rings (SSSR count). The molecule has 0 aliphatic carbocycles. The Kier molecular flexibility index (Phi) is 6.29. The second kappa shape index (κ2) is 9.01. The smallest absolute Gasteiger partial charge is 0.267 e. The third kappa shape index (κ3) is 4.53. The van der Waals surface area contributed by atoms with E-state index in [9.17, 15) is 18.0 Å². The van der Waals surface area contributed by atoms with Crippen molar-refractivity contribution in [3.05, 3.63) is 44.7 Å². The number of aryl methyl sites for hydroxylation is 1. The van der Waals surface area contributed by atoms with Gasteiger partial charge in [0, 0.05) is 19.3 Å². The van der Waals surface area contributed by atoms with Crippen molar-refractivity contribution in [2.24, 2.45) is 11.8 Å². The van der Waals surface area contributed by atoms with E-state index in [1.807, 2.05) is 13.0 Å². The summed E-state index contributed by atoms with van der Waals surface area (Å²) in [5, 5.41) is 0. The number of carbonyl (C=O) groups excluding carboxylic acids is 1. The fourth-order valence-electron chi connectivity index (χ4n) is 5.41. The highest BCUT2D eigenvalue weighted by atomic mass is 32.2. The summed E-state index contributed by atoms with van der Waals surface area (Å²) in [4.78, 5) is 35.9. The molecule has 5 heterocycles. The number of nitrogens with zero attached hydrogens (tertiary/aromatic N) is 4. The minimum atomic E-state index is -3.18. The number of piperidine rings is 1. The first-order valence-corrected chi connectivity index (χ1v) is 14.8. The zero-order valence-electron chi connectivity index (χ0n) is 19.9. The fourth-order valence-corrected chi connectivity index (χ4v) is 8.49. The van der Waals surface area contributed by atoms with Gasteiger partial charge in [0.1, 0.15) is 15.8 Å². The molecule has 3 fully saturated rings. The molecule has 3 unspecified atom stereocenters. The molecule has 3 atom stereocenters. The molecule has 0 aromatic carbocycles. The van der Waals surface area contributed by atoms with Crippen LogP contribution in [0.2, 0.25) is 0 Å². The average Bonchev–Trinajstić information content (AvgIpc) is 3.26. The number of hydrogen-bond acceptors (Lipinski definition) is 8. The second-order valence-electron chi connectivity index (χ2n) is 10.00. The summed E-state index contributed by atoms with van der Waals surface area (Å²) in [7, 11) is -3.18. The van der Waals surface area contributed by atoms with Gasteiger partial charge in [-0.05, 0) is 49.3 Å². The fraction of sp³-hybridized carbons (Fsp3) is 0.500. The Hall–Kier alpha value is -2.24. The van der Waals surface area contributed by atoms with Crippen molar-refractivity contribution in [2.45, 2.75) is 39.7 Å². The number of thioether (sulfide) groups is 1. The lowest BCUT2D eigenvalue weighted by atomic mass is 9.91. The molecule has 3 aliphatic rings. The van der Waals surface area contributed by atoms with Crippen LogP contribution in [0.25, 0.3) is 11.7 Å². The zero-order chi connectivity index (χ0) is 25.1. The van der Waals surface area contributed by atoms with Crippen molar-refractivity contribution >= 4 is 61.6 Å². The van der Waals surface area contributed by atoms with Gasteiger partial charge in [0.05, 0.1) is 28.0 Å². The number of fused-ring (bicyclic) bond motifs is 1. The van der Waals surface area contributed by atoms with Crippen LogP contribution in [0.1, 0.15) is 37.8 Å². The minimum absolute atomic E-state index is 0.0541. The van der Waals surface area contributed by atoms with E-state index < -0.39 is 15.9 Å². The van der Waals surface area contributed by atoms with Gasteiger partial charge in [0.2, 0.25) is 0 Å². The molecule has 2 aromatic heterocycles. The first-order valence-electron chi connectivity index (χ1n) is 11.8. The molecule has 3 aliphatic heterocycles. The number of anilines is 1. The van der Waals surface area contributed by atoms with E-state index in [1.54, 1.807) is 18.3 Å². The van der Waals surface area contributed by atoms with Crippen LogP contribution in [0.15, 0.2) is 28.0 Å². The van der Waals surface area contributed by atoms with Crippen molar-refractivity contribution in [1.82, 2.24) is 14.3 Å². The standard InChI is InChI=1S/C24H28N4O4S3/c1-14-9-15(2)12-26(11-14)21-18(22(29)27-7-4-5-16(3)20(27)25-21)10-19-23(30)28(24(33)34-19)17-6-8-35(31,32)13-17/h4-5,7,10,14-15,17H,6,8-9,11-13H2,1-3H3. The van der Waals surface area contributed by atoms with Crippen molar-refractivity contribution in [2.75, 3.05) is 29.5 Å². The molecule has 1 amide bonds. The second-order valence-corrected chi connectivity index (χ2v) is 13.9. The van der Waals surface area contributed by atoms with Crippen LogP contribution in [-0.4, -0.2) is 63.6 Å². The van der Waals surface area contributed by atoms with Gasteiger partial charge in [-0.2, -0.15) is 0 Å². The molecular formula is C24H28N4O4S3. The predicted molar refractivity (Wildman–Crippen MR) is 143 cm³/mol. The van der Waals surface area contributed by atoms with Gasteiger partial charge in [-0.1, -0.05) is 43.9 Å². The van der Waals surface area contributed by atoms with E-state index in [0.29, 0.717) is 44.5 Å². The Morgan fingerprint density at radius 1 is 1.20 bits per heavy atom. The number of hydrogen-bond donors (Lipinski definition) is 0. The quantitative estimate of drug-likeness (QED) is 0.440. The van der Waals surface area contributed by atoms with Crippen LogP contribution in [0.4, 0.5) is 5.82 Å². The molecule has 8 nitrogen and oxygen atoms in total. The van der Waals surface area contributed by atoms with Crippen molar-refractivity contribution < 1.29 is 13.2 Å². The van der Waals surface area contributed by atoms with Gasteiger partial charge in [-0.25, -0.2) is 13.4 Å². The molecule has 186 valence electrons. The van der Waals surface area contributed by atoms with Crippen LogP contribution >= 0.6 is 24.0 Å². The summed E-state index contributed by atoms with van der Waals surface area (Å²) in [6, 6.07) is 3.27. The summed E-state index contributed by atoms with van der Waals surface area (Å²) in [6.45, 7) is 7.87. The van der Waals surface area contributed by atoms with Crippen LogP contribution in [0.5, 0.6) is 0 Å². The number of amides is 1. The van der Waals surface area contributed by atoms with Crippen LogP contribution in [0.3, 0.4) is 0 Å². The van der Waals surface area contributed by atoms with E-state index in [0.717, 1.165) is 36.8 Å². The van der Waals surface area contributed by atoms with Gasteiger partial charge in [-0.3, -0.25) is 18.9 Å². The van der Waals surface area contributed by atoms with Crippen LogP contribution in [0, 0.1) is 18.8 Å². The number of thiocarbonyl (C=S) groups is 1. The maximum Gasteiger partial charge on any atom is 0.267 e. The lowest BCUT2D eigenvalue weighted by molar-refractivity contribution is -0.123. The number of pyridine rings is 1. The number of aromatic nitrogens is 2. The Labute approximate surface area is 214 Å². The topological polar surface area (TPSA) is 92.1 Å². The molecule has 0 spiro atoms. The molecule has 3 saturated heterocycles. The Morgan fingerprint density at radius 2 is 1.91 bits per heavy atom. The summed E-state index contributed by atoms with van der Waals surface area (Å²) in [5.74, 6) is 1.11. The molecule has 0 radical (unpaired) electrons. The van der Waals surface area contributed by atoms with Gasteiger partial charge in [-0.15, -0.1) is 0 Å². The van der Waals surface area contributed by atoms with Crippen LogP contribution < -0.4 is 10.5 Å². The lowest BCUT2D eigenvalue weighted by Gasteiger charge is -2.36. The van der Waals surface area contributed by atoms with E-state index in [4.69, 9.17) is 17.2 Å². The first-order chi connectivity index (χ1) is 16.5. The molecule has 0 bridgehead atoms. The van der Waals surface area contributed by atoms with Crippen LogP contribution in [-0.2, 0) is 14.6 Å². The monoisotopic (exact) mass is 532 g/mol. The van der Waals surface area contributed by atoms with Gasteiger partial charge < -0.3 is 4.90 Å². The normalized spacial score (nSPS) is 28.0. The summed E-state index contributed by atoms with van der Waals surface area (Å²) in [5.41, 5.74) is 1.60. The van der Waals surface area contributed by atoms with Gasteiger partial charge in [0.25, 0.3) is 11.5 Å². The first kappa shape index (κ1) is 24.5. The molecule has 35 heavy (non-hydrogen) atoms. The van der Waals surface area contributed by atoms with Crippen molar-refractivity contribution in [3.8, 4) is 0 Å². The summed E-state index contributed by atoms with van der Waals surface area (Å²) < 4.78 is 25.8. The predicted octanol–water partition coefficient (Wildman–Crippen LogP) is 2.87. The zero-order valence-corrected chi connectivity index (χ0v) is 22.4. The third-order valence-corrected chi connectivity index (χ3v) is 9.99. The van der Waals surface area contributed by atoms with Gasteiger partial charge >= 0.3 is 0 Å². The van der Waals surface area contributed by atoms with E-state index in [2.05, 4.69) is 18.7 Å². The van der Waals surface area contributed by atoms with E-state index >= 15 is 0 Å². The Bertz CT molecular complexity index is 1420. The molecule has 2 aromatic rings. The Morgan fingerprint density at radius 3 is 2.57 bits per heavy atom. The minimum Gasteiger partial charge on any atom is -0.355 e. The van der Waals surface area contributed by atoms with Crippen molar-refractivity contribution in [3.63, 3.8) is 0 Å². The molecule has 0 saturated carbocycles. The lowest BCUT2D eigenvalue weighted by Crippen LogP contribution is -2.41. The SMILES string of the molecule is Cc1cccn2c(=O)c(C=C3SC(=S)N(C4CCS(=O)(=O)C4)C3=O)c(N3CC(C)CC(C)C3)nc12. The number of carbonyl (C=O) groups is 1. The maximum absolute atomic E-state index is 13.7.